The molecule has 0 amide bonds. The minimum Gasteiger partial charge on any atom is -0.245 e. The number of benzene rings is 3. The highest BCUT2D eigenvalue weighted by Crippen LogP contribution is 2.39. The highest BCUT2D eigenvalue weighted by atomic mass is 19.4. The van der Waals surface area contributed by atoms with Crippen LogP contribution in [0.25, 0.3) is 44.3 Å². The lowest BCUT2D eigenvalue weighted by molar-refractivity contribution is -0.143. The van der Waals surface area contributed by atoms with Crippen LogP contribution >= 0.6 is 0 Å². The molecule has 5 aromatic rings. The molecule has 0 aliphatic rings. The number of hydrogen-bond donors (Lipinski definition) is 0. The van der Waals surface area contributed by atoms with Crippen LogP contribution in [0.2, 0.25) is 0 Å². The van der Waals surface area contributed by atoms with Gasteiger partial charge in [-0.2, -0.15) is 60.0 Å². The van der Waals surface area contributed by atoms with Crippen molar-refractivity contribution in [2.24, 2.45) is 9.98 Å². The summed E-state index contributed by atoms with van der Waals surface area (Å²) < 4.78 is 121. The van der Waals surface area contributed by atoms with Gasteiger partial charge in [0.25, 0.3) is 0 Å². The van der Waals surface area contributed by atoms with Gasteiger partial charge in [0.05, 0.1) is 39.1 Å². The molecule has 15 heteroatoms. The Kier molecular flexibility index (Phi) is 6.72. The molecule has 0 atom stereocenters. The Morgan fingerprint density at radius 2 is 0.953 bits per heavy atom. The van der Waals surface area contributed by atoms with E-state index in [0.29, 0.717) is 12.1 Å². The maximum atomic E-state index is 13.5. The molecule has 0 aliphatic carbocycles. The smallest absolute Gasteiger partial charge is 0.245 e. The number of nitriles is 2. The molecule has 5 rings (SSSR count). The van der Waals surface area contributed by atoms with Gasteiger partial charge in [-0.3, -0.25) is 0 Å². The fraction of sp³-hybridized carbons (Fsp3) is 0.143. The van der Waals surface area contributed by atoms with Gasteiger partial charge in [-0.15, -0.1) is 0 Å². The molecule has 0 spiro atoms. The highest BCUT2D eigenvalue weighted by molar-refractivity contribution is 5.99. The summed E-state index contributed by atoms with van der Waals surface area (Å²) in [5.41, 5.74) is -5.14. The Labute approximate surface area is 234 Å². The van der Waals surface area contributed by atoms with Crippen LogP contribution in [0, 0.1) is 29.8 Å². The molecule has 216 valence electrons. The molecule has 43 heavy (non-hydrogen) atoms. The molecular weight excluding hydrogens is 591 g/mol. The summed E-state index contributed by atoms with van der Waals surface area (Å²) in [6.45, 7) is 1.43. The van der Waals surface area contributed by atoms with E-state index in [1.807, 2.05) is 0 Å². The van der Waals surface area contributed by atoms with Crippen molar-refractivity contribution in [3.05, 3.63) is 81.5 Å². The van der Waals surface area contributed by atoms with Crippen molar-refractivity contribution in [2.45, 2.75) is 25.5 Å². The number of fused-ring (bicyclic) bond motifs is 2. The quantitative estimate of drug-likeness (QED) is 0.159. The van der Waals surface area contributed by atoms with Crippen LogP contribution in [-0.2, 0) is 18.5 Å². The second-order valence-electron chi connectivity index (χ2n) is 9.31. The highest BCUT2D eigenvalue weighted by Gasteiger charge is 2.37. The van der Waals surface area contributed by atoms with Crippen LogP contribution in [-0.4, -0.2) is 9.97 Å². The van der Waals surface area contributed by atoms with Crippen LogP contribution in [0.3, 0.4) is 0 Å². The number of rotatable bonds is 2. The number of halogens is 9. The molecule has 3 aromatic carbocycles. The van der Waals surface area contributed by atoms with E-state index in [1.54, 1.807) is 6.19 Å². The largest absolute Gasteiger partial charge is 0.416 e. The maximum Gasteiger partial charge on any atom is 0.416 e. The molecule has 0 aliphatic heterocycles. The third kappa shape index (κ3) is 5.37. The summed E-state index contributed by atoms with van der Waals surface area (Å²) >= 11 is 0. The monoisotopic (exact) mass is 602 g/mol. The van der Waals surface area contributed by atoms with E-state index in [1.165, 1.54) is 31.3 Å². The molecule has 0 saturated carbocycles. The van der Waals surface area contributed by atoms with E-state index in [4.69, 9.17) is 0 Å². The topological polar surface area (TPSA) is 98.1 Å². The van der Waals surface area contributed by atoms with Gasteiger partial charge in [0.1, 0.15) is 10.7 Å². The molecule has 0 saturated heterocycles. The first-order chi connectivity index (χ1) is 20.0. The molecule has 0 N–H and O–H groups in total. The Hall–Kier alpha value is -5.31. The summed E-state index contributed by atoms with van der Waals surface area (Å²) in [5, 5.41) is 18.2. The minimum atomic E-state index is -5.15. The van der Waals surface area contributed by atoms with E-state index in [2.05, 4.69) is 20.0 Å². The molecule has 0 fully saturated rings. The van der Waals surface area contributed by atoms with Crippen molar-refractivity contribution in [2.75, 3.05) is 0 Å². The number of alkyl halides is 9. The zero-order valence-corrected chi connectivity index (χ0v) is 21.2. The lowest BCUT2D eigenvalue weighted by Crippen LogP contribution is -2.12. The van der Waals surface area contributed by atoms with E-state index in [9.17, 15) is 50.0 Å². The van der Waals surface area contributed by atoms with Gasteiger partial charge >= 0.3 is 18.5 Å². The Morgan fingerprint density at radius 1 is 0.558 bits per heavy atom. The van der Waals surface area contributed by atoms with Crippen molar-refractivity contribution in [1.29, 1.82) is 10.5 Å². The first kappa shape index (κ1) is 29.2. The van der Waals surface area contributed by atoms with Gasteiger partial charge in [-0.1, -0.05) is 0 Å². The van der Waals surface area contributed by atoms with Gasteiger partial charge in [-0.05, 0) is 61.0 Å². The van der Waals surface area contributed by atoms with E-state index in [-0.39, 0.29) is 55.4 Å². The predicted octanol–water partition coefficient (Wildman–Crippen LogP) is 7.12. The molecule has 0 radical (unpaired) electrons. The molecule has 6 nitrogen and oxygen atoms in total. The van der Waals surface area contributed by atoms with E-state index < -0.39 is 46.5 Å². The fourth-order valence-electron chi connectivity index (χ4n) is 4.65. The lowest BCUT2D eigenvalue weighted by Gasteiger charge is -2.13. The van der Waals surface area contributed by atoms with Crippen molar-refractivity contribution in [3.8, 4) is 34.9 Å². The minimum absolute atomic E-state index is 0.0106. The summed E-state index contributed by atoms with van der Waals surface area (Å²) in [7, 11) is 0. The predicted molar refractivity (Wildman–Crippen MR) is 132 cm³/mol. The molecular formula is C28H11F9N6. The second-order valence-corrected chi connectivity index (χ2v) is 9.31. The van der Waals surface area contributed by atoms with Crippen LogP contribution in [0.1, 0.15) is 22.3 Å². The summed E-state index contributed by atoms with van der Waals surface area (Å²) in [4.78, 5) is 15.8. The third-order valence-electron chi connectivity index (χ3n) is 6.40. The standard InChI is InChI=1S/C28H11F9N6/c1-12-2-13(4-15(3-12)26(29,30)31)22-24(40-10-38)18-8-19-21(9-20(18)42-22)43-23(25(19)41-11-39)14-5-16(27(32,33)34)7-17(6-14)28(35,36)37/h2-9H,1H3. The van der Waals surface area contributed by atoms with Crippen molar-refractivity contribution >= 4 is 21.8 Å². The van der Waals surface area contributed by atoms with E-state index >= 15 is 0 Å². The van der Waals surface area contributed by atoms with Crippen LogP contribution < -0.4 is 10.7 Å². The van der Waals surface area contributed by atoms with Gasteiger partial charge in [0.2, 0.25) is 12.4 Å². The second kappa shape index (κ2) is 9.90. The molecule has 0 unspecified atom stereocenters. The first-order valence-electron chi connectivity index (χ1n) is 11.8. The first-order valence-corrected chi connectivity index (χ1v) is 11.8. The van der Waals surface area contributed by atoms with Gasteiger partial charge in [0.15, 0.2) is 0 Å². The summed E-state index contributed by atoms with van der Waals surface area (Å²) in [6.07, 6.45) is -12.0. The van der Waals surface area contributed by atoms with Crippen molar-refractivity contribution < 1.29 is 39.5 Å². The average Bonchev–Trinajstić information content (AvgIpc) is 3.43. The zero-order valence-electron chi connectivity index (χ0n) is 21.2. The SMILES string of the molecule is Cc1cc(-c2nc3cc4nc(-c5cc(C(F)(F)F)cc(C(F)(F)F)c5)c(=NC#N)c4cc3c2=NC#N)cc(C(F)(F)F)c1. The lowest BCUT2D eigenvalue weighted by atomic mass is 10.0. The Balaban J connectivity index is 1.82. The van der Waals surface area contributed by atoms with Crippen molar-refractivity contribution in [1.82, 2.24) is 9.97 Å². The fourth-order valence-corrected chi connectivity index (χ4v) is 4.65. The van der Waals surface area contributed by atoms with Gasteiger partial charge in [-0.25, -0.2) is 9.97 Å². The van der Waals surface area contributed by atoms with Crippen LogP contribution in [0.4, 0.5) is 39.5 Å². The van der Waals surface area contributed by atoms with E-state index in [0.717, 1.165) is 12.1 Å². The van der Waals surface area contributed by atoms with Crippen LogP contribution in [0.5, 0.6) is 0 Å². The number of nitrogens with zero attached hydrogens (tertiary/aromatic N) is 6. The summed E-state index contributed by atoms with van der Waals surface area (Å²) in [5.74, 6) is 0. The normalized spacial score (nSPS) is 13.6. The van der Waals surface area contributed by atoms with Gasteiger partial charge in [0, 0.05) is 21.9 Å². The Morgan fingerprint density at radius 3 is 1.35 bits per heavy atom. The summed E-state index contributed by atoms with van der Waals surface area (Å²) in [6, 6.07) is 6.48. The van der Waals surface area contributed by atoms with Crippen LogP contribution in [0.15, 0.2) is 58.5 Å². The average molecular weight is 602 g/mol. The maximum absolute atomic E-state index is 13.5. The molecule has 2 aromatic heterocycles. The third-order valence-corrected chi connectivity index (χ3v) is 6.40. The molecule has 0 bridgehead atoms. The number of aromatic nitrogens is 2. The number of aryl methyl sites for hydroxylation is 1. The Bertz CT molecular complexity index is 2100. The molecule has 2 heterocycles. The van der Waals surface area contributed by atoms with Crippen molar-refractivity contribution in [3.63, 3.8) is 0 Å². The van der Waals surface area contributed by atoms with Gasteiger partial charge < -0.3 is 0 Å². The zero-order chi connectivity index (χ0) is 31.5. The number of hydrogen-bond acceptors (Lipinski definition) is 6.